The molecule has 4 nitrogen and oxygen atoms in total. The van der Waals surface area contributed by atoms with Gasteiger partial charge in [-0.15, -0.1) is 0 Å². The Bertz CT molecular complexity index is 688. The van der Waals surface area contributed by atoms with E-state index in [0.717, 1.165) is 11.3 Å². The molecule has 0 aliphatic heterocycles. The molecule has 5 heteroatoms. The van der Waals surface area contributed by atoms with Crippen molar-refractivity contribution in [3.63, 3.8) is 0 Å². The minimum absolute atomic E-state index is 0.194. The van der Waals surface area contributed by atoms with Gasteiger partial charge in [-0.05, 0) is 49.2 Å². The molecule has 1 N–H and O–H groups in total. The number of anilines is 1. The Balaban J connectivity index is 2.08. The average molecular weight is 334 g/mol. The zero-order valence-electron chi connectivity index (χ0n) is 13.4. The second-order valence-corrected chi connectivity index (χ2v) is 5.58. The maximum Gasteiger partial charge on any atom is 0.265 e. The number of benzene rings is 2. The van der Waals surface area contributed by atoms with Gasteiger partial charge in [0.2, 0.25) is 0 Å². The number of halogens is 1. The van der Waals surface area contributed by atoms with Crippen molar-refractivity contribution < 1.29 is 14.3 Å². The highest BCUT2D eigenvalue weighted by atomic mass is 35.5. The number of carbonyl (C=O) groups excluding carboxylic acids is 1. The number of methoxy groups -OCH3 is 1. The van der Waals surface area contributed by atoms with Gasteiger partial charge in [-0.2, -0.15) is 0 Å². The predicted octanol–water partition coefficient (Wildman–Crippen LogP) is 4.45. The molecule has 0 radical (unpaired) electrons. The lowest BCUT2D eigenvalue weighted by molar-refractivity contribution is -0.122. The first-order valence-electron chi connectivity index (χ1n) is 7.41. The van der Waals surface area contributed by atoms with Crippen LogP contribution in [0, 0.1) is 6.92 Å². The summed E-state index contributed by atoms with van der Waals surface area (Å²) in [7, 11) is 1.59. The predicted molar refractivity (Wildman–Crippen MR) is 92.5 cm³/mol. The maximum absolute atomic E-state index is 12.4. The van der Waals surface area contributed by atoms with Gasteiger partial charge in [0.15, 0.2) is 6.10 Å². The van der Waals surface area contributed by atoms with E-state index < -0.39 is 6.10 Å². The molecular weight excluding hydrogens is 314 g/mol. The maximum atomic E-state index is 12.4. The first-order valence-corrected chi connectivity index (χ1v) is 7.79. The molecule has 23 heavy (non-hydrogen) atoms. The third-order valence-corrected chi connectivity index (χ3v) is 3.66. The van der Waals surface area contributed by atoms with E-state index in [4.69, 9.17) is 21.1 Å². The van der Waals surface area contributed by atoms with Crippen LogP contribution in [0.25, 0.3) is 0 Å². The van der Waals surface area contributed by atoms with Gasteiger partial charge >= 0.3 is 0 Å². The Morgan fingerprint density at radius 2 is 1.96 bits per heavy atom. The third-order valence-electron chi connectivity index (χ3n) is 3.43. The summed E-state index contributed by atoms with van der Waals surface area (Å²) in [5.74, 6) is 1.09. The fourth-order valence-corrected chi connectivity index (χ4v) is 2.37. The molecule has 2 rings (SSSR count). The minimum Gasteiger partial charge on any atom is -0.497 e. The van der Waals surface area contributed by atoms with E-state index in [1.165, 1.54) is 0 Å². The molecular formula is C18H20ClNO3. The van der Waals surface area contributed by atoms with Gasteiger partial charge in [0.25, 0.3) is 5.91 Å². The van der Waals surface area contributed by atoms with E-state index >= 15 is 0 Å². The Morgan fingerprint density at radius 1 is 1.22 bits per heavy atom. The number of amides is 1. The second kappa shape index (κ2) is 7.88. The van der Waals surface area contributed by atoms with Crippen LogP contribution in [0.15, 0.2) is 42.5 Å². The molecule has 0 saturated carbocycles. The molecule has 1 amide bonds. The zero-order valence-corrected chi connectivity index (χ0v) is 14.2. The normalized spacial score (nSPS) is 11.7. The van der Waals surface area contributed by atoms with Crippen LogP contribution in [0.3, 0.4) is 0 Å². The molecule has 0 aromatic heterocycles. The minimum atomic E-state index is -0.586. The van der Waals surface area contributed by atoms with Crippen LogP contribution in [0.1, 0.15) is 18.9 Å². The highest BCUT2D eigenvalue weighted by Gasteiger charge is 2.19. The van der Waals surface area contributed by atoms with Crippen LogP contribution in [-0.4, -0.2) is 19.1 Å². The summed E-state index contributed by atoms with van der Waals surface area (Å²) in [6.07, 6.45) is -0.0347. The first-order chi connectivity index (χ1) is 11.0. The van der Waals surface area contributed by atoms with Crippen LogP contribution in [0.5, 0.6) is 11.5 Å². The fraction of sp³-hybridized carbons (Fsp3) is 0.278. The molecule has 1 atom stereocenters. The molecule has 0 bridgehead atoms. The highest BCUT2D eigenvalue weighted by molar-refractivity contribution is 6.30. The van der Waals surface area contributed by atoms with E-state index in [1.54, 1.807) is 37.4 Å². The Hall–Kier alpha value is -2.20. The first kappa shape index (κ1) is 17.2. The van der Waals surface area contributed by atoms with Crippen LogP contribution in [0.2, 0.25) is 5.02 Å². The molecule has 0 heterocycles. The molecule has 0 spiro atoms. The van der Waals surface area contributed by atoms with Gasteiger partial charge in [-0.1, -0.05) is 24.6 Å². The van der Waals surface area contributed by atoms with Gasteiger partial charge < -0.3 is 14.8 Å². The van der Waals surface area contributed by atoms with E-state index in [0.29, 0.717) is 22.9 Å². The van der Waals surface area contributed by atoms with Crippen LogP contribution < -0.4 is 14.8 Å². The van der Waals surface area contributed by atoms with Gasteiger partial charge in [0.1, 0.15) is 11.5 Å². The second-order valence-electron chi connectivity index (χ2n) is 5.14. The van der Waals surface area contributed by atoms with Crippen LogP contribution >= 0.6 is 11.6 Å². The molecule has 122 valence electrons. The summed E-state index contributed by atoms with van der Waals surface area (Å²) >= 11 is 5.93. The van der Waals surface area contributed by atoms with E-state index in [-0.39, 0.29) is 5.91 Å². The number of carbonyl (C=O) groups is 1. The van der Waals surface area contributed by atoms with Crippen molar-refractivity contribution in [1.29, 1.82) is 0 Å². The van der Waals surface area contributed by atoms with Crippen LogP contribution in [0.4, 0.5) is 5.69 Å². The number of hydrogen-bond acceptors (Lipinski definition) is 3. The number of nitrogens with one attached hydrogen (secondary N) is 1. The van der Waals surface area contributed by atoms with Gasteiger partial charge in [0.05, 0.1) is 7.11 Å². The van der Waals surface area contributed by atoms with Crippen molar-refractivity contribution in [2.24, 2.45) is 0 Å². The SMILES string of the molecule is CC[C@H](Oc1cccc(OC)c1)C(=O)Nc1ccc(Cl)cc1C. The number of rotatable bonds is 6. The van der Waals surface area contributed by atoms with Crippen molar-refractivity contribution in [1.82, 2.24) is 0 Å². The third kappa shape index (κ3) is 4.63. The quantitative estimate of drug-likeness (QED) is 0.849. The number of hydrogen-bond donors (Lipinski definition) is 1. The summed E-state index contributed by atoms with van der Waals surface area (Å²) in [5.41, 5.74) is 1.63. The van der Waals surface area contributed by atoms with Crippen molar-refractivity contribution in [3.8, 4) is 11.5 Å². The van der Waals surface area contributed by atoms with Gasteiger partial charge in [-0.25, -0.2) is 0 Å². The van der Waals surface area contributed by atoms with Crippen molar-refractivity contribution in [2.45, 2.75) is 26.4 Å². The lowest BCUT2D eigenvalue weighted by Crippen LogP contribution is -2.32. The van der Waals surface area contributed by atoms with Crippen molar-refractivity contribution >= 4 is 23.2 Å². The van der Waals surface area contributed by atoms with Crippen molar-refractivity contribution in [2.75, 3.05) is 12.4 Å². The summed E-state index contributed by atoms with van der Waals surface area (Å²) < 4.78 is 10.9. The van der Waals surface area contributed by atoms with Crippen molar-refractivity contribution in [3.05, 3.63) is 53.1 Å². The molecule has 0 unspecified atom stereocenters. The summed E-state index contributed by atoms with van der Waals surface area (Å²) in [6, 6.07) is 12.5. The topological polar surface area (TPSA) is 47.6 Å². The van der Waals surface area contributed by atoms with E-state index in [9.17, 15) is 4.79 Å². The number of ether oxygens (including phenoxy) is 2. The molecule has 0 saturated heterocycles. The monoisotopic (exact) mass is 333 g/mol. The zero-order chi connectivity index (χ0) is 16.8. The average Bonchev–Trinajstić information content (AvgIpc) is 2.55. The van der Waals surface area contributed by atoms with E-state index in [1.807, 2.05) is 26.0 Å². The Kier molecular flexibility index (Phi) is 5.88. The van der Waals surface area contributed by atoms with Crippen LogP contribution in [-0.2, 0) is 4.79 Å². The molecule has 2 aromatic rings. The molecule has 0 fully saturated rings. The lowest BCUT2D eigenvalue weighted by atomic mass is 10.2. The Morgan fingerprint density at radius 3 is 2.61 bits per heavy atom. The summed E-state index contributed by atoms with van der Waals surface area (Å²) in [6.45, 7) is 3.80. The Labute approximate surface area is 141 Å². The van der Waals surface area contributed by atoms with Gasteiger partial charge in [0, 0.05) is 16.8 Å². The lowest BCUT2D eigenvalue weighted by Gasteiger charge is -2.18. The standard InChI is InChI=1S/C18H20ClNO3/c1-4-17(23-15-7-5-6-14(11-15)22-3)18(21)20-16-9-8-13(19)10-12(16)2/h5-11,17H,4H2,1-3H3,(H,20,21)/t17-/m0/s1. The van der Waals surface area contributed by atoms with E-state index in [2.05, 4.69) is 5.32 Å². The molecule has 2 aromatic carbocycles. The molecule has 0 aliphatic carbocycles. The largest absolute Gasteiger partial charge is 0.497 e. The smallest absolute Gasteiger partial charge is 0.265 e. The summed E-state index contributed by atoms with van der Waals surface area (Å²) in [4.78, 5) is 12.4. The fourth-order valence-electron chi connectivity index (χ4n) is 2.14. The summed E-state index contributed by atoms with van der Waals surface area (Å²) in [5, 5.41) is 3.52. The van der Waals surface area contributed by atoms with Gasteiger partial charge in [-0.3, -0.25) is 4.79 Å². The molecule has 0 aliphatic rings. The highest BCUT2D eigenvalue weighted by Crippen LogP contribution is 2.23. The number of aryl methyl sites for hydroxylation is 1.